The molecule has 0 atom stereocenters. The largest absolute Gasteiger partial charge is 0.418 e. The van der Waals surface area contributed by atoms with Crippen molar-refractivity contribution in [2.75, 3.05) is 5.32 Å². The average Bonchev–Trinajstić information content (AvgIpc) is 2.72. The van der Waals surface area contributed by atoms with Crippen LogP contribution in [-0.4, -0.2) is 9.97 Å². The molecule has 2 heterocycles. The molecule has 0 saturated heterocycles. The molecule has 3 nitrogen and oxygen atoms in total. The van der Waals surface area contributed by atoms with Gasteiger partial charge in [-0.3, -0.25) is 9.97 Å². The van der Waals surface area contributed by atoms with Gasteiger partial charge in [0.15, 0.2) is 0 Å². The van der Waals surface area contributed by atoms with Gasteiger partial charge in [-0.2, -0.15) is 26.3 Å². The van der Waals surface area contributed by atoms with Crippen LogP contribution < -0.4 is 5.32 Å². The molecule has 0 bridgehead atoms. The van der Waals surface area contributed by atoms with Gasteiger partial charge in [0.05, 0.1) is 22.3 Å². The fourth-order valence-corrected chi connectivity index (χ4v) is 3.37. The molecule has 0 aliphatic heterocycles. The molecule has 0 amide bonds. The molecule has 4 aromatic rings. The van der Waals surface area contributed by atoms with Gasteiger partial charge in [0.25, 0.3) is 0 Å². The monoisotopic (exact) mass is 447 g/mol. The zero-order chi connectivity index (χ0) is 23.1. The maximum atomic E-state index is 13.4. The van der Waals surface area contributed by atoms with Crippen LogP contribution in [0.5, 0.6) is 0 Å². The minimum absolute atomic E-state index is 0.206. The fraction of sp³-hybridized carbons (Fsp3) is 0.130. The number of fused-ring (bicyclic) bond motifs is 1. The summed E-state index contributed by atoms with van der Waals surface area (Å²) in [5.41, 5.74) is 0.437. The summed E-state index contributed by atoms with van der Waals surface area (Å²) < 4.78 is 78.5. The normalized spacial score (nSPS) is 12.2. The van der Waals surface area contributed by atoms with E-state index in [1.54, 1.807) is 19.1 Å². The van der Waals surface area contributed by atoms with Gasteiger partial charge in [0.1, 0.15) is 0 Å². The summed E-state index contributed by atoms with van der Waals surface area (Å²) in [5.74, 6) is 0. The zero-order valence-corrected chi connectivity index (χ0v) is 16.5. The lowest BCUT2D eigenvalue weighted by atomic mass is 10.0. The third-order valence-corrected chi connectivity index (χ3v) is 4.82. The summed E-state index contributed by atoms with van der Waals surface area (Å²) in [6.07, 6.45) is -7.71. The Balaban J connectivity index is 1.75. The molecular weight excluding hydrogens is 432 g/mol. The molecule has 0 unspecified atom stereocenters. The molecule has 9 heteroatoms. The van der Waals surface area contributed by atoms with Crippen molar-refractivity contribution in [2.24, 2.45) is 0 Å². The van der Waals surface area contributed by atoms with Crippen molar-refractivity contribution in [2.45, 2.75) is 19.3 Å². The molecule has 0 aliphatic rings. The Labute approximate surface area is 178 Å². The molecular formula is C23H15F6N3. The Kier molecular flexibility index (Phi) is 5.28. The quantitative estimate of drug-likeness (QED) is 0.333. The summed E-state index contributed by atoms with van der Waals surface area (Å²) in [6.45, 7) is 1.71. The summed E-state index contributed by atoms with van der Waals surface area (Å²) >= 11 is 0. The van der Waals surface area contributed by atoms with Crippen molar-refractivity contribution < 1.29 is 26.3 Å². The lowest BCUT2D eigenvalue weighted by molar-refractivity contribution is -0.138. The second-order valence-corrected chi connectivity index (χ2v) is 7.14. The molecule has 0 saturated carbocycles. The van der Waals surface area contributed by atoms with E-state index < -0.39 is 23.5 Å². The van der Waals surface area contributed by atoms with Crippen molar-refractivity contribution in [3.8, 4) is 11.3 Å². The number of hydrogen-bond donors (Lipinski definition) is 1. The highest BCUT2D eigenvalue weighted by Crippen LogP contribution is 2.37. The molecule has 2 aromatic carbocycles. The smallest absolute Gasteiger partial charge is 0.355 e. The highest BCUT2D eigenvalue weighted by atomic mass is 19.4. The van der Waals surface area contributed by atoms with E-state index >= 15 is 0 Å². The minimum atomic E-state index is -4.56. The van der Waals surface area contributed by atoms with Crippen molar-refractivity contribution in [3.05, 3.63) is 83.7 Å². The minimum Gasteiger partial charge on any atom is -0.355 e. The maximum absolute atomic E-state index is 13.4. The van der Waals surface area contributed by atoms with E-state index in [-0.39, 0.29) is 11.3 Å². The van der Waals surface area contributed by atoms with E-state index in [1.165, 1.54) is 36.5 Å². The molecule has 0 fully saturated rings. The summed E-state index contributed by atoms with van der Waals surface area (Å²) in [4.78, 5) is 8.31. The van der Waals surface area contributed by atoms with E-state index in [0.29, 0.717) is 28.0 Å². The van der Waals surface area contributed by atoms with Gasteiger partial charge in [-0.1, -0.05) is 12.1 Å². The topological polar surface area (TPSA) is 37.8 Å². The number of nitrogens with zero attached hydrogens (tertiary/aromatic N) is 2. The Morgan fingerprint density at radius 2 is 1.53 bits per heavy atom. The molecule has 4 rings (SSSR count). The number of anilines is 2. The van der Waals surface area contributed by atoms with Crippen molar-refractivity contribution >= 4 is 22.3 Å². The number of pyridine rings is 2. The Hall–Kier alpha value is -3.62. The van der Waals surface area contributed by atoms with Crippen LogP contribution in [0.2, 0.25) is 0 Å². The number of hydrogen-bond acceptors (Lipinski definition) is 3. The lowest BCUT2D eigenvalue weighted by Gasteiger charge is -2.14. The van der Waals surface area contributed by atoms with E-state index in [1.807, 2.05) is 0 Å². The molecule has 164 valence electrons. The molecule has 2 aromatic heterocycles. The van der Waals surface area contributed by atoms with Crippen LogP contribution in [0.25, 0.3) is 22.2 Å². The number of halogens is 6. The number of rotatable bonds is 3. The van der Waals surface area contributed by atoms with Crippen LogP contribution in [0, 0.1) is 6.92 Å². The number of nitrogens with one attached hydrogen (secondary N) is 1. The second-order valence-electron chi connectivity index (χ2n) is 7.14. The first-order chi connectivity index (χ1) is 15.0. The van der Waals surface area contributed by atoms with Crippen LogP contribution >= 0.6 is 0 Å². The lowest BCUT2D eigenvalue weighted by Crippen LogP contribution is -2.08. The van der Waals surface area contributed by atoms with E-state index in [4.69, 9.17) is 0 Å². The van der Waals surface area contributed by atoms with E-state index in [0.717, 1.165) is 18.2 Å². The van der Waals surface area contributed by atoms with Crippen LogP contribution in [0.15, 0.2) is 66.9 Å². The van der Waals surface area contributed by atoms with Crippen LogP contribution in [-0.2, 0) is 12.4 Å². The number of aromatic nitrogens is 2. The standard InChI is InChI=1S/C23H15F6N3/c1-13-11-19(32-16-7-5-15(6-8-16)22(24,25)26)17-9-4-14(12-20(17)31-13)21-18(23(27,28)29)3-2-10-30-21/h2-12H,1H3,(H,31,32). The van der Waals surface area contributed by atoms with Crippen molar-refractivity contribution in [1.82, 2.24) is 9.97 Å². The second kappa shape index (κ2) is 7.81. The summed E-state index contributed by atoms with van der Waals surface area (Å²) in [5, 5.41) is 3.66. The molecule has 0 spiro atoms. The summed E-state index contributed by atoms with van der Waals surface area (Å²) in [6, 6.07) is 13.1. The predicted molar refractivity (Wildman–Crippen MR) is 109 cm³/mol. The van der Waals surface area contributed by atoms with Gasteiger partial charge in [0.2, 0.25) is 0 Å². The van der Waals surface area contributed by atoms with Gasteiger partial charge in [-0.05, 0) is 55.5 Å². The maximum Gasteiger partial charge on any atom is 0.418 e. The fourth-order valence-electron chi connectivity index (χ4n) is 3.37. The Morgan fingerprint density at radius 1 is 0.812 bits per heavy atom. The Bertz CT molecular complexity index is 1280. The first kappa shape index (κ1) is 21.6. The predicted octanol–water partition coefficient (Wildman–Crippen LogP) is 7.39. The van der Waals surface area contributed by atoms with Gasteiger partial charge in [0, 0.05) is 34.2 Å². The number of aryl methyl sites for hydroxylation is 1. The Morgan fingerprint density at radius 3 is 2.19 bits per heavy atom. The summed E-state index contributed by atoms with van der Waals surface area (Å²) in [7, 11) is 0. The highest BCUT2D eigenvalue weighted by molar-refractivity contribution is 5.95. The molecule has 0 aliphatic carbocycles. The van der Waals surface area contributed by atoms with Crippen LogP contribution in [0.1, 0.15) is 16.8 Å². The zero-order valence-electron chi connectivity index (χ0n) is 16.5. The van der Waals surface area contributed by atoms with Gasteiger partial charge < -0.3 is 5.32 Å². The van der Waals surface area contributed by atoms with Crippen molar-refractivity contribution in [1.29, 1.82) is 0 Å². The first-order valence-electron chi connectivity index (χ1n) is 9.41. The first-order valence-corrected chi connectivity index (χ1v) is 9.41. The SMILES string of the molecule is Cc1cc(Nc2ccc(C(F)(F)F)cc2)c2ccc(-c3ncccc3C(F)(F)F)cc2n1. The van der Waals surface area contributed by atoms with Crippen LogP contribution in [0.3, 0.4) is 0 Å². The number of benzene rings is 2. The van der Waals surface area contributed by atoms with E-state index in [9.17, 15) is 26.3 Å². The number of alkyl halides is 6. The van der Waals surface area contributed by atoms with Crippen LogP contribution in [0.4, 0.5) is 37.7 Å². The highest BCUT2D eigenvalue weighted by Gasteiger charge is 2.34. The third-order valence-electron chi connectivity index (χ3n) is 4.82. The van der Waals surface area contributed by atoms with Gasteiger partial charge in [-0.15, -0.1) is 0 Å². The van der Waals surface area contributed by atoms with E-state index in [2.05, 4.69) is 15.3 Å². The third kappa shape index (κ3) is 4.37. The van der Waals surface area contributed by atoms with Crippen molar-refractivity contribution in [3.63, 3.8) is 0 Å². The molecule has 0 radical (unpaired) electrons. The molecule has 32 heavy (non-hydrogen) atoms. The van der Waals surface area contributed by atoms with Gasteiger partial charge >= 0.3 is 12.4 Å². The molecule has 1 N–H and O–H groups in total. The van der Waals surface area contributed by atoms with Gasteiger partial charge in [-0.25, -0.2) is 0 Å². The average molecular weight is 447 g/mol.